The summed E-state index contributed by atoms with van der Waals surface area (Å²) in [6, 6.07) is 9.99. The Labute approximate surface area is 172 Å². The van der Waals surface area contributed by atoms with E-state index in [0.717, 1.165) is 13.0 Å². The zero-order valence-electron chi connectivity index (χ0n) is 16.1. The van der Waals surface area contributed by atoms with Gasteiger partial charge in [-0.2, -0.15) is 0 Å². The standard InChI is InChI=1S/C22H20ClFN2O3/c1-25(2)10-3-11-26-19(13-4-7-15(24)8-5-13)18-20(27)16-12-14(23)6-9-17(16)29-21(18)22(26)28/h4-9,12,19H,3,10-11H2,1-2H3. The average molecular weight is 415 g/mol. The zero-order chi connectivity index (χ0) is 20.7. The fraction of sp³-hybridized carbons (Fsp3) is 0.273. The fourth-order valence-electron chi connectivity index (χ4n) is 3.77. The van der Waals surface area contributed by atoms with E-state index in [2.05, 4.69) is 0 Å². The largest absolute Gasteiger partial charge is 0.450 e. The molecule has 0 saturated heterocycles. The minimum Gasteiger partial charge on any atom is -0.450 e. The van der Waals surface area contributed by atoms with Gasteiger partial charge in [0.1, 0.15) is 11.4 Å². The smallest absolute Gasteiger partial charge is 0.290 e. The number of carbonyl (C=O) groups excluding carboxylic acids is 1. The highest BCUT2D eigenvalue weighted by Gasteiger charge is 2.42. The third-order valence-electron chi connectivity index (χ3n) is 5.12. The van der Waals surface area contributed by atoms with Gasteiger partial charge in [0.2, 0.25) is 5.76 Å². The molecule has 0 spiro atoms. The van der Waals surface area contributed by atoms with E-state index >= 15 is 0 Å². The van der Waals surface area contributed by atoms with Gasteiger partial charge in [-0.3, -0.25) is 9.59 Å². The van der Waals surface area contributed by atoms with Crippen molar-refractivity contribution in [1.82, 2.24) is 9.80 Å². The Morgan fingerprint density at radius 2 is 1.86 bits per heavy atom. The molecule has 0 bridgehead atoms. The van der Waals surface area contributed by atoms with E-state index in [-0.39, 0.29) is 28.5 Å². The van der Waals surface area contributed by atoms with Gasteiger partial charge >= 0.3 is 0 Å². The molecule has 0 saturated carbocycles. The fourth-order valence-corrected chi connectivity index (χ4v) is 3.94. The Bertz CT molecular complexity index is 1140. The predicted octanol–water partition coefficient (Wildman–Crippen LogP) is 4.08. The first-order chi connectivity index (χ1) is 13.9. The average Bonchev–Trinajstić information content (AvgIpc) is 2.95. The Morgan fingerprint density at radius 3 is 2.55 bits per heavy atom. The Morgan fingerprint density at radius 1 is 1.14 bits per heavy atom. The molecule has 1 aliphatic heterocycles. The molecule has 1 aromatic heterocycles. The van der Waals surface area contributed by atoms with Crippen molar-refractivity contribution in [1.29, 1.82) is 0 Å². The van der Waals surface area contributed by atoms with Crippen molar-refractivity contribution in [2.24, 2.45) is 0 Å². The molecule has 0 aliphatic carbocycles. The number of fused-ring (bicyclic) bond motifs is 2. The second kappa shape index (κ2) is 7.61. The molecule has 0 radical (unpaired) electrons. The Balaban J connectivity index is 1.88. The van der Waals surface area contributed by atoms with E-state index < -0.39 is 6.04 Å². The predicted molar refractivity (Wildman–Crippen MR) is 110 cm³/mol. The molecular weight excluding hydrogens is 395 g/mol. The van der Waals surface area contributed by atoms with Crippen LogP contribution in [-0.2, 0) is 0 Å². The zero-order valence-corrected chi connectivity index (χ0v) is 16.9. The number of halogens is 2. The third-order valence-corrected chi connectivity index (χ3v) is 5.35. The summed E-state index contributed by atoms with van der Waals surface area (Å²) in [5, 5.41) is 0.738. The van der Waals surface area contributed by atoms with E-state index in [0.29, 0.717) is 28.1 Å². The van der Waals surface area contributed by atoms with Gasteiger partial charge in [0.25, 0.3) is 5.91 Å². The molecule has 2 heterocycles. The van der Waals surface area contributed by atoms with Gasteiger partial charge < -0.3 is 14.2 Å². The third kappa shape index (κ3) is 3.54. The molecule has 4 rings (SSSR count). The molecule has 5 nitrogen and oxygen atoms in total. The maximum atomic E-state index is 13.5. The molecule has 29 heavy (non-hydrogen) atoms. The minimum atomic E-state index is -0.625. The number of hydrogen-bond acceptors (Lipinski definition) is 4. The molecular formula is C22H20ClFN2O3. The molecule has 0 N–H and O–H groups in total. The summed E-state index contributed by atoms with van der Waals surface area (Å²) in [7, 11) is 3.92. The number of rotatable bonds is 5. The van der Waals surface area contributed by atoms with E-state index in [4.69, 9.17) is 16.0 Å². The molecule has 7 heteroatoms. The summed E-state index contributed by atoms with van der Waals surface area (Å²) in [6.45, 7) is 1.23. The Kier molecular flexibility index (Phi) is 5.15. The first-order valence-corrected chi connectivity index (χ1v) is 9.72. The van der Waals surface area contributed by atoms with Crippen LogP contribution in [0.15, 0.2) is 51.7 Å². The summed E-state index contributed by atoms with van der Waals surface area (Å²) < 4.78 is 19.3. The maximum Gasteiger partial charge on any atom is 0.290 e. The first kappa shape index (κ1) is 19.6. The van der Waals surface area contributed by atoms with Crippen LogP contribution in [0.5, 0.6) is 0 Å². The maximum absolute atomic E-state index is 13.5. The Hall–Kier alpha value is -2.70. The lowest BCUT2D eigenvalue weighted by molar-refractivity contribution is 0.0722. The lowest BCUT2D eigenvalue weighted by atomic mass is 9.98. The number of nitrogens with zero attached hydrogens (tertiary/aromatic N) is 2. The quantitative estimate of drug-likeness (QED) is 0.631. The van der Waals surface area contributed by atoms with E-state index in [1.165, 1.54) is 12.1 Å². The van der Waals surface area contributed by atoms with Gasteiger partial charge in [0.15, 0.2) is 5.43 Å². The SMILES string of the molecule is CN(C)CCCN1C(=O)c2oc3ccc(Cl)cc3c(=O)c2C1c1ccc(F)cc1. The summed E-state index contributed by atoms with van der Waals surface area (Å²) in [4.78, 5) is 30.1. The molecule has 1 aliphatic rings. The molecule has 1 atom stereocenters. The highest BCUT2D eigenvalue weighted by atomic mass is 35.5. The summed E-state index contributed by atoms with van der Waals surface area (Å²) in [5.74, 6) is -0.666. The van der Waals surface area contributed by atoms with Crippen molar-refractivity contribution in [3.8, 4) is 0 Å². The second-order valence-corrected chi connectivity index (χ2v) is 7.86. The molecule has 2 aromatic carbocycles. The lowest BCUT2D eigenvalue weighted by Crippen LogP contribution is -2.32. The van der Waals surface area contributed by atoms with Crippen LogP contribution in [0.25, 0.3) is 11.0 Å². The number of amides is 1. The van der Waals surface area contributed by atoms with Crippen molar-refractivity contribution < 1.29 is 13.6 Å². The lowest BCUT2D eigenvalue weighted by Gasteiger charge is -2.25. The van der Waals surface area contributed by atoms with Crippen molar-refractivity contribution in [3.63, 3.8) is 0 Å². The van der Waals surface area contributed by atoms with Crippen molar-refractivity contribution in [2.75, 3.05) is 27.2 Å². The van der Waals surface area contributed by atoms with Crippen molar-refractivity contribution in [3.05, 3.63) is 80.4 Å². The molecule has 1 unspecified atom stereocenters. The highest BCUT2D eigenvalue weighted by molar-refractivity contribution is 6.31. The van der Waals surface area contributed by atoms with E-state index in [9.17, 15) is 14.0 Å². The van der Waals surface area contributed by atoms with Crippen LogP contribution in [0.2, 0.25) is 5.02 Å². The number of benzene rings is 2. The van der Waals surface area contributed by atoms with Crippen LogP contribution in [0.1, 0.15) is 34.1 Å². The molecule has 3 aromatic rings. The van der Waals surface area contributed by atoms with Crippen LogP contribution < -0.4 is 5.43 Å². The molecule has 0 fully saturated rings. The number of hydrogen-bond donors (Lipinski definition) is 0. The first-order valence-electron chi connectivity index (χ1n) is 9.34. The van der Waals surface area contributed by atoms with Gasteiger partial charge in [-0.1, -0.05) is 23.7 Å². The summed E-state index contributed by atoms with van der Waals surface area (Å²) in [6.07, 6.45) is 0.726. The van der Waals surface area contributed by atoms with E-state index in [1.807, 2.05) is 19.0 Å². The monoisotopic (exact) mass is 414 g/mol. The summed E-state index contributed by atoms with van der Waals surface area (Å²) >= 11 is 6.06. The van der Waals surface area contributed by atoms with Crippen LogP contribution >= 0.6 is 11.6 Å². The van der Waals surface area contributed by atoms with Gasteiger partial charge in [-0.15, -0.1) is 0 Å². The normalized spacial score (nSPS) is 16.1. The van der Waals surface area contributed by atoms with Crippen molar-refractivity contribution in [2.45, 2.75) is 12.5 Å². The van der Waals surface area contributed by atoms with E-state index in [1.54, 1.807) is 35.2 Å². The van der Waals surface area contributed by atoms with Crippen LogP contribution in [0, 0.1) is 5.82 Å². The second-order valence-electron chi connectivity index (χ2n) is 7.42. The molecule has 1 amide bonds. The number of carbonyl (C=O) groups is 1. The molecule has 150 valence electrons. The minimum absolute atomic E-state index is 0.0454. The van der Waals surface area contributed by atoms with Crippen LogP contribution in [0.4, 0.5) is 4.39 Å². The van der Waals surface area contributed by atoms with Crippen LogP contribution in [-0.4, -0.2) is 42.9 Å². The topological polar surface area (TPSA) is 53.8 Å². The highest BCUT2D eigenvalue weighted by Crippen LogP contribution is 2.38. The van der Waals surface area contributed by atoms with Crippen LogP contribution in [0.3, 0.4) is 0 Å². The van der Waals surface area contributed by atoms with Gasteiger partial charge in [-0.05, 0) is 63.0 Å². The van der Waals surface area contributed by atoms with Gasteiger partial charge in [0, 0.05) is 11.6 Å². The van der Waals surface area contributed by atoms with Gasteiger partial charge in [0.05, 0.1) is 17.0 Å². The summed E-state index contributed by atoms with van der Waals surface area (Å²) in [5.41, 5.74) is 0.972. The van der Waals surface area contributed by atoms with Crippen molar-refractivity contribution >= 4 is 28.5 Å². The van der Waals surface area contributed by atoms with Gasteiger partial charge in [-0.25, -0.2) is 4.39 Å².